The highest BCUT2D eigenvalue weighted by molar-refractivity contribution is 6.31. The molecule has 2 saturated carbocycles. The fourth-order valence-corrected chi connectivity index (χ4v) is 5.32. The first kappa shape index (κ1) is 22.1. The summed E-state index contributed by atoms with van der Waals surface area (Å²) in [6, 6.07) is 13.3. The van der Waals surface area contributed by atoms with Gasteiger partial charge in [0.05, 0.1) is 12.7 Å². The second-order valence-corrected chi connectivity index (χ2v) is 9.80. The third-order valence-electron chi connectivity index (χ3n) is 7.11. The molecule has 6 nitrogen and oxygen atoms in total. The molecular weight excluding hydrogens is 432 g/mol. The van der Waals surface area contributed by atoms with Crippen molar-refractivity contribution in [2.24, 2.45) is 11.8 Å². The van der Waals surface area contributed by atoms with Gasteiger partial charge in [-0.25, -0.2) is 0 Å². The van der Waals surface area contributed by atoms with E-state index in [0.717, 1.165) is 28.7 Å². The number of fused-ring (bicyclic) bond motifs is 1. The number of aliphatic hydroxyl groups excluding tert-OH is 4. The quantitative estimate of drug-likeness (QED) is 0.529. The summed E-state index contributed by atoms with van der Waals surface area (Å²) in [4.78, 5) is 0. The van der Waals surface area contributed by atoms with E-state index in [1.807, 2.05) is 30.3 Å². The van der Waals surface area contributed by atoms with E-state index >= 15 is 0 Å². The number of hydrogen-bond donors (Lipinski definition) is 4. The minimum Gasteiger partial charge on any atom is -0.490 e. The van der Waals surface area contributed by atoms with Crippen LogP contribution in [-0.2, 0) is 11.2 Å². The van der Waals surface area contributed by atoms with E-state index in [0.29, 0.717) is 23.1 Å². The first-order valence-electron chi connectivity index (χ1n) is 11.3. The van der Waals surface area contributed by atoms with Gasteiger partial charge in [0.15, 0.2) is 0 Å². The van der Waals surface area contributed by atoms with Crippen LogP contribution in [0.5, 0.6) is 5.75 Å². The van der Waals surface area contributed by atoms with Crippen LogP contribution in [0.1, 0.15) is 42.1 Å². The highest BCUT2D eigenvalue weighted by atomic mass is 35.5. The maximum absolute atomic E-state index is 10.4. The summed E-state index contributed by atoms with van der Waals surface area (Å²) in [7, 11) is 0. The molecule has 3 aliphatic rings. The number of aliphatic hydroxyl groups is 4. The summed E-state index contributed by atoms with van der Waals surface area (Å²) in [5.41, 5.74) is 2.55. The summed E-state index contributed by atoms with van der Waals surface area (Å²) < 4.78 is 11.8. The summed E-state index contributed by atoms with van der Waals surface area (Å²) in [5, 5.41) is 40.6. The standard InChI is InChI=1S/C25H29ClO6/c26-20-6-3-14(25-24(30)23(29)22(28)21(12-27)32-25)8-17(20)7-13-1-4-18(5-2-13)31-19-10-15-9-16(15)11-19/h1-6,8,15-16,19,21-25,27-30H,7,9-12H2/t15-,16+,19-,21-,22-,23+,24-,25?/m1/s1. The van der Waals surface area contributed by atoms with Gasteiger partial charge in [-0.1, -0.05) is 35.9 Å². The summed E-state index contributed by atoms with van der Waals surface area (Å²) in [6.45, 7) is -0.460. The number of halogens is 1. The second-order valence-electron chi connectivity index (χ2n) is 9.39. The molecule has 1 unspecified atom stereocenters. The van der Waals surface area contributed by atoms with Crippen LogP contribution in [0.15, 0.2) is 42.5 Å². The predicted molar refractivity (Wildman–Crippen MR) is 119 cm³/mol. The van der Waals surface area contributed by atoms with Gasteiger partial charge in [-0.2, -0.15) is 0 Å². The van der Waals surface area contributed by atoms with E-state index in [1.54, 1.807) is 12.1 Å². The Morgan fingerprint density at radius 3 is 2.31 bits per heavy atom. The Kier molecular flexibility index (Phi) is 6.18. The zero-order valence-corrected chi connectivity index (χ0v) is 18.4. The summed E-state index contributed by atoms with van der Waals surface area (Å²) >= 11 is 6.43. The van der Waals surface area contributed by atoms with Gasteiger partial charge >= 0.3 is 0 Å². The summed E-state index contributed by atoms with van der Waals surface area (Å²) in [6.07, 6.45) is -1.30. The van der Waals surface area contributed by atoms with Gasteiger partial charge in [0.2, 0.25) is 0 Å². The smallest absolute Gasteiger partial charge is 0.119 e. The molecule has 1 aliphatic heterocycles. The third-order valence-corrected chi connectivity index (χ3v) is 7.48. The first-order valence-corrected chi connectivity index (χ1v) is 11.6. The lowest BCUT2D eigenvalue weighted by Crippen LogP contribution is -2.55. The molecule has 5 rings (SSSR count). The van der Waals surface area contributed by atoms with E-state index < -0.39 is 37.1 Å². The SMILES string of the molecule is OC[C@H]1OC(c2ccc(Cl)c(Cc3ccc(O[C@H]4C[C@@H]5C[C@@H]5C4)cc3)c2)[C@H](O)[C@@H](O)[C@@H]1O. The van der Waals surface area contributed by atoms with Crippen LogP contribution < -0.4 is 4.74 Å². The molecule has 4 N–H and O–H groups in total. The topological polar surface area (TPSA) is 99.4 Å². The van der Waals surface area contributed by atoms with E-state index in [1.165, 1.54) is 19.3 Å². The summed E-state index contributed by atoms with van der Waals surface area (Å²) in [5.74, 6) is 2.66. The molecule has 172 valence electrons. The molecule has 0 radical (unpaired) electrons. The highest BCUT2D eigenvalue weighted by Gasteiger charge is 2.47. The van der Waals surface area contributed by atoms with E-state index in [9.17, 15) is 20.4 Å². The molecule has 7 heteroatoms. The maximum Gasteiger partial charge on any atom is 0.119 e. The van der Waals surface area contributed by atoms with Crippen LogP contribution in [0, 0.1) is 11.8 Å². The molecule has 0 spiro atoms. The van der Waals surface area contributed by atoms with E-state index in [-0.39, 0.29) is 0 Å². The Labute approximate surface area is 192 Å². The lowest BCUT2D eigenvalue weighted by atomic mass is 9.90. The highest BCUT2D eigenvalue weighted by Crippen LogP contribution is 2.52. The van der Waals surface area contributed by atoms with Crippen LogP contribution in [0.4, 0.5) is 0 Å². The monoisotopic (exact) mass is 460 g/mol. The Morgan fingerprint density at radius 1 is 0.906 bits per heavy atom. The average Bonchev–Trinajstić information content (AvgIpc) is 3.41. The normalized spacial score (nSPS) is 36.0. The molecule has 32 heavy (non-hydrogen) atoms. The Hall–Kier alpha value is -1.67. The largest absolute Gasteiger partial charge is 0.490 e. The lowest BCUT2D eigenvalue weighted by molar-refractivity contribution is -0.231. The average molecular weight is 461 g/mol. The zero-order chi connectivity index (χ0) is 22.4. The molecule has 0 aromatic heterocycles. The fraction of sp³-hybridized carbons (Fsp3) is 0.520. The molecule has 3 fully saturated rings. The van der Waals surface area contributed by atoms with Gasteiger partial charge in [0, 0.05) is 5.02 Å². The predicted octanol–water partition coefficient (Wildman–Crippen LogP) is 2.62. The van der Waals surface area contributed by atoms with Crippen molar-refractivity contribution in [3.05, 3.63) is 64.2 Å². The maximum atomic E-state index is 10.4. The van der Waals surface area contributed by atoms with Gasteiger partial charge in [0.25, 0.3) is 0 Å². The van der Waals surface area contributed by atoms with E-state index in [4.69, 9.17) is 21.1 Å². The van der Waals surface area contributed by atoms with Crippen molar-refractivity contribution >= 4 is 11.6 Å². The van der Waals surface area contributed by atoms with Crippen molar-refractivity contribution < 1.29 is 29.9 Å². The first-order chi connectivity index (χ1) is 15.4. The van der Waals surface area contributed by atoms with E-state index in [2.05, 4.69) is 0 Å². The van der Waals surface area contributed by atoms with Crippen LogP contribution >= 0.6 is 11.6 Å². The molecule has 8 atom stereocenters. The van der Waals surface area contributed by atoms with Gasteiger partial charge in [0.1, 0.15) is 36.3 Å². The minimum atomic E-state index is -1.41. The van der Waals surface area contributed by atoms with Crippen LogP contribution in [0.3, 0.4) is 0 Å². The van der Waals surface area contributed by atoms with Crippen molar-refractivity contribution in [2.75, 3.05) is 6.61 Å². The lowest BCUT2D eigenvalue weighted by Gasteiger charge is -2.40. The molecule has 1 heterocycles. The Bertz CT molecular complexity index is 938. The number of hydrogen-bond acceptors (Lipinski definition) is 6. The molecule has 2 aliphatic carbocycles. The van der Waals surface area contributed by atoms with Gasteiger partial charge < -0.3 is 29.9 Å². The van der Waals surface area contributed by atoms with Crippen molar-refractivity contribution in [1.82, 2.24) is 0 Å². The molecular formula is C25H29ClO6. The minimum absolute atomic E-state index is 0.342. The molecule has 1 saturated heterocycles. The van der Waals surface area contributed by atoms with Crippen molar-refractivity contribution in [3.8, 4) is 5.75 Å². The van der Waals surface area contributed by atoms with Gasteiger partial charge in [-0.3, -0.25) is 0 Å². The zero-order valence-electron chi connectivity index (χ0n) is 17.7. The van der Waals surface area contributed by atoms with Gasteiger partial charge in [-0.05, 0) is 72.4 Å². The van der Waals surface area contributed by atoms with Gasteiger partial charge in [-0.15, -0.1) is 0 Å². The molecule has 0 bridgehead atoms. The number of ether oxygens (including phenoxy) is 2. The molecule has 0 amide bonds. The van der Waals surface area contributed by atoms with Crippen LogP contribution in [0.2, 0.25) is 5.02 Å². The second kappa shape index (κ2) is 8.93. The van der Waals surface area contributed by atoms with Crippen LogP contribution in [-0.4, -0.2) is 57.6 Å². The van der Waals surface area contributed by atoms with Crippen molar-refractivity contribution in [1.29, 1.82) is 0 Å². The third kappa shape index (κ3) is 4.40. The van der Waals surface area contributed by atoms with Crippen molar-refractivity contribution in [3.63, 3.8) is 0 Å². The molecule has 2 aromatic carbocycles. The van der Waals surface area contributed by atoms with Crippen molar-refractivity contribution in [2.45, 2.75) is 62.3 Å². The Morgan fingerprint density at radius 2 is 1.62 bits per heavy atom. The fourth-order valence-electron chi connectivity index (χ4n) is 5.14. The Balaban J connectivity index is 1.28. The molecule has 2 aromatic rings. The number of rotatable bonds is 6. The van der Waals surface area contributed by atoms with Crippen LogP contribution in [0.25, 0.3) is 0 Å². The number of benzene rings is 2.